The number of hydrogen-bond acceptors (Lipinski definition) is 3. The van der Waals surface area contributed by atoms with Gasteiger partial charge in [-0.05, 0) is 29.8 Å². The predicted molar refractivity (Wildman–Crippen MR) is 79.4 cm³/mol. The molecule has 0 amide bonds. The van der Waals surface area contributed by atoms with Crippen molar-refractivity contribution in [3.8, 4) is 11.3 Å². The Hall–Kier alpha value is -2.33. The van der Waals surface area contributed by atoms with E-state index in [-0.39, 0.29) is 0 Å². The van der Waals surface area contributed by atoms with Crippen molar-refractivity contribution in [2.75, 3.05) is 5.32 Å². The summed E-state index contributed by atoms with van der Waals surface area (Å²) in [7, 11) is 0. The van der Waals surface area contributed by atoms with Gasteiger partial charge < -0.3 is 5.32 Å². The monoisotopic (exact) mass is 282 g/mol. The lowest BCUT2D eigenvalue weighted by molar-refractivity contribution is 1.09. The van der Waals surface area contributed by atoms with Gasteiger partial charge in [0.25, 0.3) is 0 Å². The second kappa shape index (κ2) is 4.35. The maximum Gasteiger partial charge on any atom is 0.130 e. The second-order valence-electron chi connectivity index (χ2n) is 4.77. The maximum atomic E-state index is 6.05. The van der Waals surface area contributed by atoms with Crippen LogP contribution in [-0.2, 0) is 6.42 Å². The molecule has 0 aliphatic heterocycles. The zero-order chi connectivity index (χ0) is 13.5. The molecule has 0 unspecified atom stereocenters. The molecule has 0 spiro atoms. The van der Waals surface area contributed by atoms with Crippen LogP contribution >= 0.6 is 11.6 Å². The van der Waals surface area contributed by atoms with Crippen molar-refractivity contribution < 1.29 is 0 Å². The number of nitrogens with one attached hydrogen (secondary N) is 2. The van der Waals surface area contributed by atoms with Crippen molar-refractivity contribution in [1.29, 1.82) is 0 Å². The Morgan fingerprint density at radius 1 is 1.25 bits per heavy atom. The molecule has 4 rings (SSSR count). The average Bonchev–Trinajstić information content (AvgIpc) is 2.99. The molecule has 98 valence electrons. The SMILES string of the molecule is Clc1ccc2c(c1)Cc1c-2n[nH]c1Nc1cccnc1. The lowest BCUT2D eigenvalue weighted by atomic mass is 10.1. The van der Waals surface area contributed by atoms with Crippen molar-refractivity contribution in [3.63, 3.8) is 0 Å². The maximum absolute atomic E-state index is 6.05. The van der Waals surface area contributed by atoms with Crippen LogP contribution in [-0.4, -0.2) is 15.2 Å². The summed E-state index contributed by atoms with van der Waals surface area (Å²) in [5, 5.41) is 11.6. The Balaban J connectivity index is 1.72. The van der Waals surface area contributed by atoms with Crippen LogP contribution in [0.5, 0.6) is 0 Å². The highest BCUT2D eigenvalue weighted by Gasteiger charge is 2.24. The van der Waals surface area contributed by atoms with E-state index >= 15 is 0 Å². The van der Waals surface area contributed by atoms with E-state index in [9.17, 15) is 0 Å². The normalized spacial score (nSPS) is 12.1. The standard InChI is InChI=1S/C15H11ClN4/c16-10-3-4-12-9(6-10)7-13-14(12)19-20-15(13)18-11-2-1-5-17-8-11/h1-6,8H,7H2,(H2,18,19,20). The van der Waals surface area contributed by atoms with Gasteiger partial charge in [-0.25, -0.2) is 0 Å². The van der Waals surface area contributed by atoms with Crippen LogP contribution in [0.15, 0.2) is 42.7 Å². The first-order valence-electron chi connectivity index (χ1n) is 6.34. The van der Waals surface area contributed by atoms with Crippen molar-refractivity contribution in [1.82, 2.24) is 15.2 Å². The molecule has 0 bridgehead atoms. The fourth-order valence-corrected chi connectivity index (χ4v) is 2.77. The molecule has 1 aliphatic rings. The second-order valence-corrected chi connectivity index (χ2v) is 5.21. The zero-order valence-corrected chi connectivity index (χ0v) is 11.3. The summed E-state index contributed by atoms with van der Waals surface area (Å²) in [6.45, 7) is 0. The molecular formula is C15H11ClN4. The van der Waals surface area contributed by atoms with E-state index in [1.807, 2.05) is 30.3 Å². The molecule has 2 aromatic heterocycles. The van der Waals surface area contributed by atoms with E-state index in [4.69, 9.17) is 11.6 Å². The molecule has 2 heterocycles. The molecule has 5 heteroatoms. The molecule has 0 atom stereocenters. The fourth-order valence-electron chi connectivity index (χ4n) is 2.57. The van der Waals surface area contributed by atoms with Gasteiger partial charge in [0.1, 0.15) is 5.82 Å². The van der Waals surface area contributed by atoms with Crippen molar-refractivity contribution in [2.45, 2.75) is 6.42 Å². The van der Waals surface area contributed by atoms with Gasteiger partial charge in [0.2, 0.25) is 0 Å². The van der Waals surface area contributed by atoms with E-state index in [0.29, 0.717) is 0 Å². The molecule has 2 N–H and O–H groups in total. The van der Waals surface area contributed by atoms with Gasteiger partial charge in [-0.15, -0.1) is 0 Å². The summed E-state index contributed by atoms with van der Waals surface area (Å²) in [5.41, 5.74) is 5.49. The number of rotatable bonds is 2. The first-order valence-corrected chi connectivity index (χ1v) is 6.72. The van der Waals surface area contributed by atoms with E-state index in [2.05, 4.69) is 20.5 Å². The first kappa shape index (κ1) is 11.5. The third-order valence-electron chi connectivity index (χ3n) is 3.49. The molecule has 20 heavy (non-hydrogen) atoms. The third kappa shape index (κ3) is 1.77. The molecule has 1 aliphatic carbocycles. The highest BCUT2D eigenvalue weighted by Crippen LogP contribution is 2.40. The van der Waals surface area contributed by atoms with Gasteiger partial charge >= 0.3 is 0 Å². The van der Waals surface area contributed by atoms with Gasteiger partial charge in [0, 0.05) is 28.8 Å². The molecule has 0 saturated heterocycles. The van der Waals surface area contributed by atoms with Gasteiger partial charge in [-0.3, -0.25) is 10.1 Å². The quantitative estimate of drug-likeness (QED) is 0.588. The lowest BCUT2D eigenvalue weighted by Gasteiger charge is -2.04. The highest BCUT2D eigenvalue weighted by molar-refractivity contribution is 6.30. The smallest absolute Gasteiger partial charge is 0.130 e. The summed E-state index contributed by atoms with van der Waals surface area (Å²) < 4.78 is 0. The molecule has 0 fully saturated rings. The largest absolute Gasteiger partial charge is 0.339 e. The number of fused-ring (bicyclic) bond motifs is 3. The van der Waals surface area contributed by atoms with Crippen LogP contribution < -0.4 is 5.32 Å². The topological polar surface area (TPSA) is 53.6 Å². The molecule has 0 radical (unpaired) electrons. The average molecular weight is 283 g/mol. The minimum atomic E-state index is 0.764. The Labute approximate surface area is 120 Å². The number of hydrogen-bond donors (Lipinski definition) is 2. The number of halogens is 1. The summed E-state index contributed by atoms with van der Waals surface area (Å²) in [6, 6.07) is 9.80. The highest BCUT2D eigenvalue weighted by atomic mass is 35.5. The van der Waals surface area contributed by atoms with Crippen LogP contribution in [0.4, 0.5) is 11.5 Å². The van der Waals surface area contributed by atoms with Crippen LogP contribution in [0.2, 0.25) is 5.02 Å². The number of pyridine rings is 1. The number of benzene rings is 1. The molecule has 1 aromatic carbocycles. The van der Waals surface area contributed by atoms with Gasteiger partial charge in [0.15, 0.2) is 0 Å². The summed E-state index contributed by atoms with van der Waals surface area (Å²) >= 11 is 6.05. The van der Waals surface area contributed by atoms with Gasteiger partial charge in [-0.2, -0.15) is 5.10 Å². The Kier molecular flexibility index (Phi) is 2.50. The summed E-state index contributed by atoms with van der Waals surface area (Å²) in [6.07, 6.45) is 4.37. The lowest BCUT2D eigenvalue weighted by Crippen LogP contribution is -1.94. The Morgan fingerprint density at radius 3 is 3.05 bits per heavy atom. The third-order valence-corrected chi connectivity index (χ3v) is 3.72. The molecule has 4 nitrogen and oxygen atoms in total. The summed E-state index contributed by atoms with van der Waals surface area (Å²) in [5.74, 6) is 0.917. The minimum Gasteiger partial charge on any atom is -0.339 e. The molecular weight excluding hydrogens is 272 g/mol. The number of aromatic nitrogens is 3. The van der Waals surface area contributed by atoms with Crippen molar-refractivity contribution >= 4 is 23.1 Å². The minimum absolute atomic E-state index is 0.764. The van der Waals surface area contributed by atoms with Crippen LogP contribution in [0.25, 0.3) is 11.3 Å². The van der Waals surface area contributed by atoms with E-state index in [1.54, 1.807) is 12.4 Å². The van der Waals surface area contributed by atoms with Crippen molar-refractivity contribution in [3.05, 3.63) is 58.9 Å². The number of H-pyrrole nitrogens is 1. The van der Waals surface area contributed by atoms with E-state index in [1.165, 1.54) is 11.1 Å². The van der Waals surface area contributed by atoms with Crippen LogP contribution in [0.1, 0.15) is 11.1 Å². The van der Waals surface area contributed by atoms with Gasteiger partial charge in [0.05, 0.1) is 17.6 Å². The summed E-state index contributed by atoms with van der Waals surface area (Å²) in [4.78, 5) is 4.10. The van der Waals surface area contributed by atoms with Crippen LogP contribution in [0, 0.1) is 0 Å². The fraction of sp³-hybridized carbons (Fsp3) is 0.0667. The molecule has 0 saturated carbocycles. The predicted octanol–water partition coefficient (Wildman–Crippen LogP) is 3.77. The number of anilines is 2. The zero-order valence-electron chi connectivity index (χ0n) is 10.5. The first-order chi connectivity index (χ1) is 9.81. The van der Waals surface area contributed by atoms with E-state index in [0.717, 1.165) is 34.2 Å². The Morgan fingerprint density at radius 2 is 2.20 bits per heavy atom. The van der Waals surface area contributed by atoms with Crippen molar-refractivity contribution in [2.24, 2.45) is 0 Å². The molecule has 3 aromatic rings. The van der Waals surface area contributed by atoms with Crippen LogP contribution in [0.3, 0.4) is 0 Å². The number of nitrogens with zero attached hydrogens (tertiary/aromatic N) is 2. The Bertz CT molecular complexity index is 780. The van der Waals surface area contributed by atoms with Gasteiger partial charge in [-0.1, -0.05) is 17.7 Å². The number of aromatic amines is 1. The van der Waals surface area contributed by atoms with E-state index < -0.39 is 0 Å².